The van der Waals surface area contributed by atoms with Crippen molar-refractivity contribution in [1.29, 1.82) is 0 Å². The number of aromatic nitrogens is 2. The molecule has 0 aliphatic rings. The third kappa shape index (κ3) is 4.96. The van der Waals surface area contributed by atoms with Crippen LogP contribution in [0.4, 0.5) is 0 Å². The van der Waals surface area contributed by atoms with Crippen LogP contribution in [0.1, 0.15) is 16.8 Å². The van der Waals surface area contributed by atoms with Gasteiger partial charge in [0.15, 0.2) is 6.61 Å². The summed E-state index contributed by atoms with van der Waals surface area (Å²) in [5.74, 6) is 1.39. The van der Waals surface area contributed by atoms with Crippen molar-refractivity contribution in [2.24, 2.45) is 7.05 Å². The molecule has 2 rings (SSSR count). The fourth-order valence-electron chi connectivity index (χ4n) is 2.49. The van der Waals surface area contributed by atoms with Gasteiger partial charge in [-0.15, -0.1) is 0 Å². The van der Waals surface area contributed by atoms with Gasteiger partial charge in [0.05, 0.1) is 18.4 Å². The van der Waals surface area contributed by atoms with Gasteiger partial charge in [-0.05, 0) is 24.6 Å². The van der Waals surface area contributed by atoms with E-state index in [2.05, 4.69) is 10.4 Å². The van der Waals surface area contributed by atoms with Crippen LogP contribution < -0.4 is 14.8 Å². The molecule has 1 N–H and O–H groups in total. The molecule has 0 unspecified atom stereocenters. The molecule has 0 radical (unpaired) electrons. The minimum Gasteiger partial charge on any atom is -0.484 e. The van der Waals surface area contributed by atoms with Crippen molar-refractivity contribution < 1.29 is 14.3 Å². The molecule has 0 saturated carbocycles. The summed E-state index contributed by atoms with van der Waals surface area (Å²) < 4.78 is 12.7. The molecular weight excluding hydrogens is 320 g/mol. The maximum atomic E-state index is 11.6. The number of amides is 1. The van der Waals surface area contributed by atoms with Gasteiger partial charge in [0.1, 0.15) is 5.75 Å². The van der Waals surface area contributed by atoms with Crippen molar-refractivity contribution in [1.82, 2.24) is 20.0 Å². The van der Waals surface area contributed by atoms with Crippen LogP contribution in [-0.2, 0) is 24.9 Å². The molecule has 7 heteroatoms. The van der Waals surface area contributed by atoms with Crippen molar-refractivity contribution in [3.63, 3.8) is 0 Å². The smallest absolute Gasteiger partial charge is 0.259 e. The topological polar surface area (TPSA) is 68.6 Å². The highest BCUT2D eigenvalue weighted by Gasteiger charge is 2.13. The van der Waals surface area contributed by atoms with E-state index in [0.717, 1.165) is 22.7 Å². The number of carbonyl (C=O) groups excluding carboxylic acids is 1. The Morgan fingerprint density at radius 2 is 2.08 bits per heavy atom. The Morgan fingerprint density at radius 3 is 2.76 bits per heavy atom. The number of ether oxygens (including phenoxy) is 2. The molecule has 0 fully saturated rings. The highest BCUT2D eigenvalue weighted by Crippen LogP contribution is 2.20. The highest BCUT2D eigenvalue weighted by molar-refractivity contribution is 5.77. The second kappa shape index (κ2) is 8.53. The van der Waals surface area contributed by atoms with Gasteiger partial charge in [-0.2, -0.15) is 5.10 Å². The van der Waals surface area contributed by atoms with E-state index in [4.69, 9.17) is 9.47 Å². The molecule has 7 nitrogen and oxygen atoms in total. The van der Waals surface area contributed by atoms with Gasteiger partial charge in [-0.1, -0.05) is 12.1 Å². The number of carbonyl (C=O) groups is 1. The Hall–Kier alpha value is -2.54. The van der Waals surface area contributed by atoms with Crippen LogP contribution in [0.5, 0.6) is 11.6 Å². The molecule has 0 saturated heterocycles. The summed E-state index contributed by atoms with van der Waals surface area (Å²) in [7, 11) is 6.93. The molecule has 136 valence electrons. The zero-order valence-electron chi connectivity index (χ0n) is 15.5. The number of nitrogens with zero attached hydrogens (tertiary/aromatic N) is 3. The SMILES string of the molecule is COc1c(CNCc2cccc(OCC(=O)N(C)C)c2)c(C)nn1C. The molecular formula is C18H26N4O3. The minimum absolute atomic E-state index is 0.0377. The first-order valence-electron chi connectivity index (χ1n) is 8.11. The lowest BCUT2D eigenvalue weighted by Gasteiger charge is -2.12. The number of nitrogens with one attached hydrogen (secondary N) is 1. The monoisotopic (exact) mass is 346 g/mol. The molecule has 1 heterocycles. The third-order valence-electron chi connectivity index (χ3n) is 3.87. The molecule has 0 bridgehead atoms. The lowest BCUT2D eigenvalue weighted by Crippen LogP contribution is -2.27. The maximum Gasteiger partial charge on any atom is 0.259 e. The molecule has 0 atom stereocenters. The van der Waals surface area contributed by atoms with E-state index in [1.54, 1.807) is 25.9 Å². The zero-order chi connectivity index (χ0) is 18.4. The molecule has 25 heavy (non-hydrogen) atoms. The Morgan fingerprint density at radius 1 is 1.32 bits per heavy atom. The normalized spacial score (nSPS) is 10.6. The number of rotatable bonds is 8. The largest absolute Gasteiger partial charge is 0.484 e. The summed E-state index contributed by atoms with van der Waals surface area (Å²) in [5, 5.41) is 7.77. The summed E-state index contributed by atoms with van der Waals surface area (Å²) in [6.07, 6.45) is 0. The van der Waals surface area contributed by atoms with Crippen molar-refractivity contribution in [2.45, 2.75) is 20.0 Å². The average molecular weight is 346 g/mol. The summed E-state index contributed by atoms with van der Waals surface area (Å²) in [6, 6.07) is 7.72. The van der Waals surface area contributed by atoms with Crippen LogP contribution in [0.15, 0.2) is 24.3 Å². The second-order valence-corrected chi connectivity index (χ2v) is 6.02. The number of hydrogen-bond acceptors (Lipinski definition) is 5. The van der Waals surface area contributed by atoms with Gasteiger partial charge < -0.3 is 19.7 Å². The maximum absolute atomic E-state index is 11.6. The number of hydrogen-bond donors (Lipinski definition) is 1. The Labute approximate surface area is 148 Å². The van der Waals surface area contributed by atoms with Gasteiger partial charge in [0, 0.05) is 34.2 Å². The van der Waals surface area contributed by atoms with Crippen LogP contribution in [0, 0.1) is 6.92 Å². The first-order chi connectivity index (χ1) is 11.9. The highest BCUT2D eigenvalue weighted by atomic mass is 16.5. The van der Waals surface area contributed by atoms with Crippen LogP contribution in [0.25, 0.3) is 0 Å². The van der Waals surface area contributed by atoms with E-state index in [0.29, 0.717) is 18.8 Å². The fourth-order valence-corrected chi connectivity index (χ4v) is 2.49. The van der Waals surface area contributed by atoms with E-state index >= 15 is 0 Å². The van der Waals surface area contributed by atoms with Crippen molar-refractivity contribution in [3.05, 3.63) is 41.1 Å². The van der Waals surface area contributed by atoms with Gasteiger partial charge in [-0.3, -0.25) is 4.79 Å². The molecule has 1 aromatic heterocycles. The Balaban J connectivity index is 1.91. The molecule has 1 aromatic carbocycles. The Kier molecular flexibility index (Phi) is 6.41. The molecule has 0 aliphatic carbocycles. The summed E-state index contributed by atoms with van der Waals surface area (Å²) in [6.45, 7) is 3.34. The molecule has 1 amide bonds. The van der Waals surface area contributed by atoms with Crippen LogP contribution >= 0.6 is 0 Å². The van der Waals surface area contributed by atoms with E-state index in [1.807, 2.05) is 38.2 Å². The van der Waals surface area contributed by atoms with E-state index < -0.39 is 0 Å². The molecule has 0 aliphatic heterocycles. The summed E-state index contributed by atoms with van der Waals surface area (Å²) in [5.41, 5.74) is 3.08. The first-order valence-corrected chi connectivity index (χ1v) is 8.11. The van der Waals surface area contributed by atoms with Gasteiger partial charge in [-0.25, -0.2) is 4.68 Å². The number of aryl methyl sites for hydroxylation is 2. The number of benzene rings is 1. The van der Waals surface area contributed by atoms with E-state index in [1.165, 1.54) is 4.90 Å². The zero-order valence-corrected chi connectivity index (χ0v) is 15.5. The second-order valence-electron chi connectivity index (χ2n) is 6.02. The Bertz CT molecular complexity index is 725. The van der Waals surface area contributed by atoms with Crippen molar-refractivity contribution in [2.75, 3.05) is 27.8 Å². The van der Waals surface area contributed by atoms with Crippen LogP contribution in [-0.4, -0.2) is 48.4 Å². The predicted octanol–water partition coefficient (Wildman–Crippen LogP) is 1.49. The summed E-state index contributed by atoms with van der Waals surface area (Å²) in [4.78, 5) is 13.1. The summed E-state index contributed by atoms with van der Waals surface area (Å²) >= 11 is 0. The lowest BCUT2D eigenvalue weighted by molar-refractivity contribution is -0.130. The van der Waals surface area contributed by atoms with Crippen LogP contribution in [0.2, 0.25) is 0 Å². The number of methoxy groups -OCH3 is 1. The quantitative estimate of drug-likeness (QED) is 0.784. The molecule has 2 aromatic rings. The fraction of sp³-hybridized carbons (Fsp3) is 0.444. The standard InChI is InChI=1S/C18H26N4O3/c1-13-16(18(24-5)22(4)20-13)11-19-10-14-7-6-8-15(9-14)25-12-17(23)21(2)3/h6-9,19H,10-12H2,1-5H3. The van der Waals surface area contributed by atoms with Gasteiger partial charge in [0.2, 0.25) is 5.88 Å². The third-order valence-corrected chi connectivity index (χ3v) is 3.87. The van der Waals surface area contributed by atoms with Crippen molar-refractivity contribution >= 4 is 5.91 Å². The average Bonchev–Trinajstić information content (AvgIpc) is 2.86. The number of likely N-dealkylation sites (N-methyl/N-ethyl adjacent to an activating group) is 1. The van der Waals surface area contributed by atoms with Crippen LogP contribution in [0.3, 0.4) is 0 Å². The van der Waals surface area contributed by atoms with E-state index in [9.17, 15) is 4.79 Å². The van der Waals surface area contributed by atoms with Gasteiger partial charge >= 0.3 is 0 Å². The first kappa shape index (κ1) is 18.8. The minimum atomic E-state index is -0.0670. The van der Waals surface area contributed by atoms with Gasteiger partial charge in [0.25, 0.3) is 5.91 Å². The molecule has 0 spiro atoms. The van der Waals surface area contributed by atoms with Crippen molar-refractivity contribution in [3.8, 4) is 11.6 Å². The van der Waals surface area contributed by atoms with E-state index in [-0.39, 0.29) is 12.5 Å². The lowest BCUT2D eigenvalue weighted by atomic mass is 10.2. The predicted molar refractivity (Wildman–Crippen MR) is 95.7 cm³/mol.